The van der Waals surface area contributed by atoms with E-state index in [1.165, 1.54) is 13.2 Å². The third-order valence-corrected chi connectivity index (χ3v) is 11.4. The Balaban J connectivity index is 1.63. The molecule has 2 aliphatic heterocycles. The minimum Gasteiger partial charge on any atom is -0.497 e. The molecule has 3 unspecified atom stereocenters. The highest BCUT2D eigenvalue weighted by molar-refractivity contribution is 8.06. The molecule has 2 fully saturated rings. The molecule has 5 rings (SSSR count). The summed E-state index contributed by atoms with van der Waals surface area (Å²) in [5, 5.41) is 9.86. The van der Waals surface area contributed by atoms with Crippen LogP contribution in [0.15, 0.2) is 88.7 Å². The Morgan fingerprint density at radius 3 is 2.33 bits per heavy atom. The van der Waals surface area contributed by atoms with Gasteiger partial charge in [0.05, 0.1) is 24.7 Å². The SMILES string of the molecule is COc1ccc(SCC(=O)C2(N)S[C@@H]3CC(=O)N3C(OC(F)(F)F)C2(Sc2ccccc2-c2ccccc2)C(=O)O)cc1. The predicted molar refractivity (Wildman–Crippen MR) is 158 cm³/mol. The summed E-state index contributed by atoms with van der Waals surface area (Å²) in [6, 6.07) is 22.0. The van der Waals surface area contributed by atoms with Crippen LogP contribution in [0, 0.1) is 0 Å². The second kappa shape index (κ2) is 12.1. The zero-order valence-electron chi connectivity index (χ0n) is 22.4. The van der Waals surface area contributed by atoms with E-state index in [-0.39, 0.29) is 17.1 Å². The molecule has 226 valence electrons. The Labute approximate surface area is 257 Å². The number of rotatable bonds is 10. The van der Waals surface area contributed by atoms with E-state index in [0.29, 0.717) is 45.3 Å². The molecule has 4 atom stereocenters. The van der Waals surface area contributed by atoms with Gasteiger partial charge < -0.3 is 20.5 Å². The van der Waals surface area contributed by atoms with Crippen LogP contribution in [0.1, 0.15) is 6.42 Å². The van der Waals surface area contributed by atoms with E-state index in [0.717, 1.165) is 16.7 Å². The molecule has 2 heterocycles. The van der Waals surface area contributed by atoms with Gasteiger partial charge in [0.1, 0.15) is 5.75 Å². The molecule has 0 aromatic heterocycles. The Morgan fingerprint density at radius 2 is 1.72 bits per heavy atom. The van der Waals surface area contributed by atoms with Crippen LogP contribution in [0.25, 0.3) is 11.1 Å². The summed E-state index contributed by atoms with van der Waals surface area (Å²) in [5.41, 5.74) is 7.92. The van der Waals surface area contributed by atoms with E-state index in [1.807, 2.05) is 0 Å². The number of hydrogen-bond donors (Lipinski definition) is 2. The van der Waals surface area contributed by atoms with Crippen molar-refractivity contribution in [2.75, 3.05) is 12.9 Å². The predicted octanol–water partition coefficient (Wildman–Crippen LogP) is 5.46. The molecule has 0 saturated carbocycles. The average molecular weight is 651 g/mol. The fourth-order valence-corrected chi connectivity index (χ4v) is 9.13. The fourth-order valence-electron chi connectivity index (χ4n) is 4.95. The van der Waals surface area contributed by atoms with Gasteiger partial charge in [-0.25, -0.2) is 0 Å². The summed E-state index contributed by atoms with van der Waals surface area (Å²) in [5.74, 6) is -3.17. The lowest BCUT2D eigenvalue weighted by Gasteiger charge is -2.60. The molecule has 2 aliphatic rings. The molecule has 14 heteroatoms. The summed E-state index contributed by atoms with van der Waals surface area (Å²) in [7, 11) is 1.50. The number of carbonyl (C=O) groups is 3. The Morgan fingerprint density at radius 1 is 1.07 bits per heavy atom. The van der Waals surface area contributed by atoms with Gasteiger partial charge in [0.2, 0.25) is 5.91 Å². The third kappa shape index (κ3) is 5.86. The van der Waals surface area contributed by atoms with Crippen molar-refractivity contribution in [3.63, 3.8) is 0 Å². The number of Topliss-reactive ketones (excluding diaryl/α,β-unsaturated/α-hetero) is 1. The highest BCUT2D eigenvalue weighted by Gasteiger charge is 2.74. The van der Waals surface area contributed by atoms with Gasteiger partial charge in [-0.15, -0.1) is 36.7 Å². The number of benzene rings is 3. The van der Waals surface area contributed by atoms with Crippen LogP contribution in [-0.2, 0) is 19.1 Å². The number of ketones is 1. The number of nitrogens with zero attached hydrogens (tertiary/aromatic N) is 1. The maximum atomic E-state index is 14.0. The van der Waals surface area contributed by atoms with E-state index < -0.39 is 45.2 Å². The van der Waals surface area contributed by atoms with Gasteiger partial charge in [-0.3, -0.25) is 19.1 Å². The molecular formula is C29H25F3N2O6S3. The zero-order chi connectivity index (χ0) is 31.0. The zero-order valence-corrected chi connectivity index (χ0v) is 24.9. The number of amides is 1. The number of fused-ring (bicyclic) bond motifs is 1. The number of thioether (sulfide) groups is 3. The van der Waals surface area contributed by atoms with E-state index >= 15 is 0 Å². The lowest BCUT2D eigenvalue weighted by molar-refractivity contribution is -0.365. The number of carbonyl (C=O) groups excluding carboxylic acids is 2. The molecule has 0 spiro atoms. The molecule has 0 aliphatic carbocycles. The molecular weight excluding hydrogens is 626 g/mol. The van der Waals surface area contributed by atoms with E-state index in [9.17, 15) is 32.7 Å². The third-order valence-electron chi connectivity index (χ3n) is 7.07. The van der Waals surface area contributed by atoms with Gasteiger partial charge in [0.15, 0.2) is 21.6 Å². The van der Waals surface area contributed by atoms with Crippen LogP contribution in [-0.4, -0.2) is 68.1 Å². The largest absolute Gasteiger partial charge is 0.524 e. The first-order valence-electron chi connectivity index (χ1n) is 12.8. The molecule has 8 nitrogen and oxygen atoms in total. The van der Waals surface area contributed by atoms with Gasteiger partial charge in [-0.05, 0) is 41.5 Å². The lowest BCUT2D eigenvalue weighted by Crippen LogP contribution is -2.81. The van der Waals surface area contributed by atoms with Crippen molar-refractivity contribution < 1.29 is 42.1 Å². The van der Waals surface area contributed by atoms with Crippen LogP contribution >= 0.6 is 35.3 Å². The van der Waals surface area contributed by atoms with Crippen LogP contribution < -0.4 is 10.5 Å². The number of hydrogen-bond acceptors (Lipinski definition) is 9. The number of alkyl halides is 3. The van der Waals surface area contributed by atoms with Crippen LogP contribution in [0.3, 0.4) is 0 Å². The van der Waals surface area contributed by atoms with Gasteiger partial charge in [0.25, 0.3) is 0 Å². The van der Waals surface area contributed by atoms with Crippen LogP contribution in [0.2, 0.25) is 0 Å². The highest BCUT2D eigenvalue weighted by Crippen LogP contribution is 2.60. The number of carboxylic acids is 1. The number of carboxylic acid groups (broad SMARTS) is 1. The number of aliphatic carboxylic acids is 1. The molecule has 0 bridgehead atoms. The number of β-lactam (4-membered cyclic amide) rings is 1. The summed E-state index contributed by atoms with van der Waals surface area (Å²) in [6.07, 6.45) is -8.01. The molecule has 1 amide bonds. The van der Waals surface area contributed by atoms with Gasteiger partial charge >= 0.3 is 12.3 Å². The van der Waals surface area contributed by atoms with Crippen molar-refractivity contribution in [1.29, 1.82) is 0 Å². The number of methoxy groups -OCH3 is 1. The van der Waals surface area contributed by atoms with Gasteiger partial charge in [-0.1, -0.05) is 60.3 Å². The Bertz CT molecular complexity index is 1530. The molecule has 0 radical (unpaired) electrons. The van der Waals surface area contributed by atoms with Crippen LogP contribution in [0.4, 0.5) is 13.2 Å². The maximum Gasteiger partial charge on any atom is 0.524 e. The first kappa shape index (κ1) is 31.3. The minimum absolute atomic E-state index is 0.221. The summed E-state index contributed by atoms with van der Waals surface area (Å²) in [4.78, 5) is 39.3. The maximum absolute atomic E-state index is 14.0. The number of ether oxygens (including phenoxy) is 2. The fraction of sp³-hybridized carbons (Fsp3) is 0.276. The first-order valence-corrected chi connectivity index (χ1v) is 15.5. The van der Waals surface area contributed by atoms with Crippen molar-refractivity contribution in [3.8, 4) is 16.9 Å². The van der Waals surface area contributed by atoms with Crippen molar-refractivity contribution in [3.05, 3.63) is 78.9 Å². The molecule has 3 aromatic carbocycles. The average Bonchev–Trinajstić information content (AvgIpc) is 2.97. The summed E-state index contributed by atoms with van der Waals surface area (Å²) < 4.78 is 48.6. The smallest absolute Gasteiger partial charge is 0.497 e. The van der Waals surface area contributed by atoms with E-state index in [2.05, 4.69) is 4.74 Å². The highest BCUT2D eigenvalue weighted by atomic mass is 32.2. The summed E-state index contributed by atoms with van der Waals surface area (Å²) in [6.45, 7) is 0. The van der Waals surface area contributed by atoms with Crippen molar-refractivity contribution >= 4 is 52.9 Å². The van der Waals surface area contributed by atoms with Crippen LogP contribution in [0.5, 0.6) is 5.75 Å². The summed E-state index contributed by atoms with van der Waals surface area (Å²) >= 11 is 2.21. The topological polar surface area (TPSA) is 119 Å². The van der Waals surface area contributed by atoms with Gasteiger partial charge in [0, 0.05) is 9.79 Å². The van der Waals surface area contributed by atoms with E-state index in [1.54, 1.807) is 72.8 Å². The first-order chi connectivity index (χ1) is 20.4. The lowest BCUT2D eigenvalue weighted by atomic mass is 9.90. The molecule has 3 aromatic rings. The minimum atomic E-state index is -5.35. The van der Waals surface area contributed by atoms with Gasteiger partial charge in [-0.2, -0.15) is 0 Å². The van der Waals surface area contributed by atoms with E-state index in [4.69, 9.17) is 10.5 Å². The number of halogens is 3. The second-order valence-electron chi connectivity index (χ2n) is 9.62. The Hall–Kier alpha value is -3.17. The molecule has 3 N–H and O–H groups in total. The molecule has 43 heavy (non-hydrogen) atoms. The Kier molecular flexibility index (Phi) is 8.78. The molecule has 2 saturated heterocycles. The normalized spacial score (nSPS) is 25.0. The standard InChI is InChI=1S/C29H25F3N2O6S3/c1-39-18-11-13-19(14-12-18)41-16-22(35)28(33)27(26(37)38,25(40-29(30,31)32)34-23(36)15-24(34)43-28)42-21-10-6-5-9-20(21)17-7-3-2-4-8-17/h2-14,24-25H,15-16,33H2,1H3,(H,37,38)/t24-,25?,27?,28?/m1/s1. The second-order valence-corrected chi connectivity index (χ2v) is 13.4. The van der Waals surface area contributed by atoms with Crippen molar-refractivity contribution in [2.24, 2.45) is 5.73 Å². The number of nitrogens with two attached hydrogens (primary N) is 1. The monoisotopic (exact) mass is 650 g/mol. The van der Waals surface area contributed by atoms with Crippen molar-refractivity contribution in [1.82, 2.24) is 4.90 Å². The quantitative estimate of drug-likeness (QED) is 0.216. The van der Waals surface area contributed by atoms with Crippen molar-refractivity contribution in [2.45, 2.75) is 43.8 Å².